The number of anilines is 1. The number of halogens is 1. The predicted molar refractivity (Wildman–Crippen MR) is 135 cm³/mol. The van der Waals surface area contributed by atoms with Crippen molar-refractivity contribution < 1.29 is 9.18 Å². The Bertz CT molecular complexity index is 950. The molecular weight excluding hydrogens is 427 g/mol. The number of nitrogens with two attached hydrogens (primary N) is 1. The number of aliphatic imine (C=N–C) groups is 2. The maximum atomic E-state index is 13.9. The van der Waals surface area contributed by atoms with Gasteiger partial charge in [-0.05, 0) is 36.4 Å². The number of aldehydes is 1. The first-order valence-electron chi connectivity index (χ1n) is 10.3. The highest BCUT2D eigenvalue weighted by Gasteiger charge is 2.32. The quantitative estimate of drug-likeness (QED) is 0.632. The number of carbonyl (C=O) groups is 1. The minimum atomic E-state index is -0.549. The molecule has 0 bridgehead atoms. The minimum absolute atomic E-state index is 0.227. The number of benzene rings is 1. The highest BCUT2D eigenvalue weighted by atomic mass is 32.2. The number of hydrogen-bond donors (Lipinski definition) is 2. The number of amidine groups is 1. The molecule has 0 amide bonds. The third-order valence-electron chi connectivity index (χ3n) is 4.54. The van der Waals surface area contributed by atoms with Gasteiger partial charge in [-0.15, -0.1) is 0 Å². The fourth-order valence-corrected chi connectivity index (χ4v) is 3.87. The molecule has 2 aliphatic rings. The highest BCUT2D eigenvalue weighted by molar-refractivity contribution is 8.13. The normalized spacial score (nSPS) is 19.8. The van der Waals surface area contributed by atoms with Crippen molar-refractivity contribution in [1.82, 2.24) is 4.90 Å². The maximum absolute atomic E-state index is 13.9. The molecule has 7 nitrogen and oxygen atoms in total. The molecular formula is C23H32FN6OS+. The Kier molecular flexibility index (Phi) is 11.2. The van der Waals surface area contributed by atoms with Crippen LogP contribution < -0.4 is 11.1 Å². The lowest BCUT2D eigenvalue weighted by molar-refractivity contribution is -0.105. The largest absolute Gasteiger partial charge is 0.388 e. The third kappa shape index (κ3) is 7.85. The molecule has 2 aliphatic heterocycles. The van der Waals surface area contributed by atoms with Gasteiger partial charge in [-0.25, -0.2) is 4.39 Å². The van der Waals surface area contributed by atoms with E-state index in [4.69, 9.17) is 12.3 Å². The molecule has 0 saturated carbocycles. The van der Waals surface area contributed by atoms with E-state index in [1.165, 1.54) is 17.8 Å². The van der Waals surface area contributed by atoms with E-state index in [2.05, 4.69) is 20.1 Å². The van der Waals surface area contributed by atoms with E-state index in [-0.39, 0.29) is 5.82 Å². The molecule has 9 heteroatoms. The standard InChI is InChI=1S/C12H16FN3S.C9H10N3O.C2H6/c1-12(5-6-17-11(14)16-12)9-7-8(15-2)3-4-10(9)13;1-8(10-2)5-12-4-3-11-9(6-12)7-13;1-2/h3-4,7,15H,5-6H2,1-2H3,(H2,14,16);2-3,5-7H,4H2,1H3;1-2H3/q;+1;/b;8-5-;. The lowest BCUT2D eigenvalue weighted by Gasteiger charge is -2.30. The van der Waals surface area contributed by atoms with E-state index in [1.807, 2.05) is 33.9 Å². The third-order valence-corrected chi connectivity index (χ3v) is 5.33. The number of nitrogens with zero attached hydrogens (tertiary/aromatic N) is 4. The van der Waals surface area contributed by atoms with Gasteiger partial charge in [0.25, 0.3) is 6.57 Å². The summed E-state index contributed by atoms with van der Waals surface area (Å²) < 4.78 is 13.9. The van der Waals surface area contributed by atoms with Crippen molar-refractivity contribution in [2.75, 3.05) is 24.7 Å². The van der Waals surface area contributed by atoms with E-state index in [9.17, 15) is 9.18 Å². The average Bonchev–Trinajstić information content (AvgIpc) is 2.81. The van der Waals surface area contributed by atoms with E-state index in [0.29, 0.717) is 35.0 Å². The molecule has 0 fully saturated rings. The zero-order chi connectivity index (χ0) is 24.1. The summed E-state index contributed by atoms with van der Waals surface area (Å²) in [6.45, 7) is 13.4. The number of nitrogens with one attached hydrogen (secondary N) is 1. The van der Waals surface area contributed by atoms with Crippen LogP contribution in [-0.4, -0.2) is 41.9 Å². The van der Waals surface area contributed by atoms with Gasteiger partial charge >= 0.3 is 5.70 Å². The molecule has 1 aromatic rings. The Balaban J connectivity index is 0.000000307. The fourth-order valence-electron chi connectivity index (χ4n) is 2.89. The lowest BCUT2D eigenvalue weighted by Crippen LogP contribution is -2.29. The van der Waals surface area contributed by atoms with Gasteiger partial charge in [-0.2, -0.15) is 0 Å². The van der Waals surface area contributed by atoms with Crippen LogP contribution >= 0.6 is 11.8 Å². The van der Waals surface area contributed by atoms with Crippen molar-refractivity contribution in [2.45, 2.75) is 39.7 Å². The predicted octanol–water partition coefficient (Wildman–Crippen LogP) is 4.80. The van der Waals surface area contributed by atoms with Gasteiger partial charge in [0.2, 0.25) is 0 Å². The van der Waals surface area contributed by atoms with E-state index < -0.39 is 5.54 Å². The zero-order valence-electron chi connectivity index (χ0n) is 19.3. The van der Waals surface area contributed by atoms with Crippen LogP contribution in [0.15, 0.2) is 52.0 Å². The van der Waals surface area contributed by atoms with Crippen LogP contribution in [0.2, 0.25) is 0 Å². The van der Waals surface area contributed by atoms with Crippen molar-refractivity contribution in [1.29, 1.82) is 0 Å². The molecule has 32 heavy (non-hydrogen) atoms. The Labute approximate surface area is 194 Å². The summed E-state index contributed by atoms with van der Waals surface area (Å²) in [6.07, 6.45) is 6.54. The Hall–Kier alpha value is -3.12. The Morgan fingerprint density at radius 2 is 2.16 bits per heavy atom. The maximum Gasteiger partial charge on any atom is 0.329 e. The summed E-state index contributed by atoms with van der Waals surface area (Å²) in [7, 11) is 1.81. The van der Waals surface area contributed by atoms with Crippen LogP contribution in [0.25, 0.3) is 4.85 Å². The highest BCUT2D eigenvalue weighted by Crippen LogP contribution is 2.37. The van der Waals surface area contributed by atoms with E-state index in [0.717, 1.165) is 17.9 Å². The van der Waals surface area contributed by atoms with Crippen LogP contribution in [0.3, 0.4) is 0 Å². The van der Waals surface area contributed by atoms with Crippen LogP contribution in [0.5, 0.6) is 0 Å². The second-order valence-corrected chi connectivity index (χ2v) is 7.96. The summed E-state index contributed by atoms with van der Waals surface area (Å²) in [5, 5.41) is 3.55. The van der Waals surface area contributed by atoms with Gasteiger partial charge in [0.05, 0.1) is 18.3 Å². The fraction of sp³-hybridized carbons (Fsp3) is 0.391. The molecule has 2 heterocycles. The van der Waals surface area contributed by atoms with Crippen molar-refractivity contribution in [3.8, 4) is 6.57 Å². The van der Waals surface area contributed by atoms with Gasteiger partial charge in [0.1, 0.15) is 11.5 Å². The first-order valence-corrected chi connectivity index (χ1v) is 11.3. The molecule has 0 aliphatic carbocycles. The van der Waals surface area contributed by atoms with Gasteiger partial charge < -0.3 is 16.0 Å². The number of thioether (sulfide) groups is 1. The van der Waals surface area contributed by atoms with E-state index >= 15 is 0 Å². The minimum Gasteiger partial charge on any atom is -0.388 e. The molecule has 0 radical (unpaired) electrons. The second-order valence-electron chi connectivity index (χ2n) is 6.85. The SMILES string of the molecule is C#[N+]/C(C)=C\N1C=C(C=O)N=CC1.CC.CNc1ccc(F)c(C2(C)CCSC(N)=N2)c1. The number of rotatable bonds is 4. The molecule has 3 rings (SSSR count). The molecule has 3 N–H and O–H groups in total. The van der Waals surface area contributed by atoms with Gasteiger partial charge in [-0.1, -0.05) is 25.6 Å². The van der Waals surface area contributed by atoms with Crippen molar-refractivity contribution in [3.63, 3.8) is 0 Å². The van der Waals surface area contributed by atoms with Crippen LogP contribution in [0, 0.1) is 12.4 Å². The van der Waals surface area contributed by atoms with Gasteiger partial charge in [0.15, 0.2) is 11.5 Å². The van der Waals surface area contributed by atoms with Crippen molar-refractivity contribution in [3.05, 3.63) is 58.2 Å². The van der Waals surface area contributed by atoms with E-state index in [1.54, 1.807) is 36.5 Å². The van der Waals surface area contributed by atoms with Crippen molar-refractivity contribution >= 4 is 35.1 Å². The van der Waals surface area contributed by atoms with Crippen LogP contribution in [0.1, 0.15) is 39.7 Å². The summed E-state index contributed by atoms with van der Waals surface area (Å²) >= 11 is 1.52. The average molecular weight is 460 g/mol. The van der Waals surface area contributed by atoms with Gasteiger partial charge in [-0.3, -0.25) is 14.8 Å². The number of carbonyl (C=O) groups excluding carboxylic acids is 1. The molecule has 172 valence electrons. The summed E-state index contributed by atoms with van der Waals surface area (Å²) in [4.78, 5) is 23.9. The van der Waals surface area contributed by atoms with Crippen LogP contribution in [-0.2, 0) is 10.3 Å². The zero-order valence-corrected chi connectivity index (χ0v) is 20.1. The Morgan fingerprint density at radius 1 is 1.44 bits per heavy atom. The smallest absolute Gasteiger partial charge is 0.329 e. The monoisotopic (exact) mass is 459 g/mol. The molecule has 1 aromatic carbocycles. The topological polar surface area (TPSA) is 87.4 Å². The number of allylic oxidation sites excluding steroid dienone is 2. The Morgan fingerprint density at radius 3 is 2.75 bits per heavy atom. The first kappa shape index (κ1) is 26.9. The summed E-state index contributed by atoms with van der Waals surface area (Å²) in [5.41, 5.74) is 7.77. The molecule has 0 saturated heterocycles. The molecule has 1 unspecified atom stereocenters. The summed E-state index contributed by atoms with van der Waals surface area (Å²) in [5.74, 6) is 0.643. The lowest BCUT2D eigenvalue weighted by atomic mass is 9.89. The molecule has 0 aromatic heterocycles. The second kappa shape index (κ2) is 13.3. The van der Waals surface area contributed by atoms with Crippen molar-refractivity contribution in [2.24, 2.45) is 15.7 Å². The summed E-state index contributed by atoms with van der Waals surface area (Å²) in [6, 6.07) is 4.99. The number of hydrogen-bond acceptors (Lipinski definition) is 7. The van der Waals surface area contributed by atoms with Crippen LogP contribution in [0.4, 0.5) is 10.1 Å². The van der Waals surface area contributed by atoms with Gasteiger partial charge in [0, 0.05) is 43.4 Å². The molecule has 1 atom stereocenters. The molecule has 0 spiro atoms. The first-order chi connectivity index (χ1) is 15.3.